The Kier molecular flexibility index (Phi) is 3.45. The minimum Gasteiger partial charge on any atom is -0.381 e. The Balaban J connectivity index is 2.25. The molecule has 1 saturated heterocycles. The van der Waals surface area contributed by atoms with E-state index >= 15 is 0 Å². The van der Waals surface area contributed by atoms with Gasteiger partial charge in [0.25, 0.3) is 0 Å². The molecule has 1 unspecified atom stereocenters. The molecule has 1 heterocycles. The summed E-state index contributed by atoms with van der Waals surface area (Å²) in [6.45, 7) is 7.36. The maximum Gasteiger partial charge on any atom is 0.163 e. The average molecular weight is 186 g/mol. The van der Waals surface area contributed by atoms with Crippen LogP contribution in [-0.4, -0.2) is 31.2 Å². The number of hydrogen-bond acceptors (Lipinski definition) is 3. The second-order valence-electron chi connectivity index (χ2n) is 4.43. The quantitative estimate of drug-likeness (QED) is 0.668. The van der Waals surface area contributed by atoms with E-state index in [1.807, 2.05) is 20.8 Å². The highest BCUT2D eigenvalue weighted by atomic mass is 16.5. The van der Waals surface area contributed by atoms with Gasteiger partial charge in [-0.25, -0.2) is 0 Å². The Labute approximate surface area is 79.4 Å². The maximum atomic E-state index is 11.5. The number of carbonyl (C=O) groups excluding carboxylic acids is 1. The zero-order valence-corrected chi connectivity index (χ0v) is 8.63. The van der Waals surface area contributed by atoms with E-state index in [2.05, 4.69) is 0 Å². The third kappa shape index (κ3) is 3.87. The molecule has 0 aromatic heterocycles. The van der Waals surface area contributed by atoms with Crippen LogP contribution in [0.15, 0.2) is 0 Å². The Morgan fingerprint density at radius 2 is 2.23 bits per heavy atom. The minimum atomic E-state index is -0.227. The summed E-state index contributed by atoms with van der Waals surface area (Å²) in [5.41, 5.74) is -0.227. The first-order chi connectivity index (χ1) is 5.99. The number of ether oxygens (including phenoxy) is 2. The van der Waals surface area contributed by atoms with Crippen molar-refractivity contribution in [1.29, 1.82) is 0 Å². The Morgan fingerprint density at radius 3 is 2.69 bits per heavy atom. The SMILES string of the molecule is CC(C)(C)OCC(=O)C1CCOC1. The summed E-state index contributed by atoms with van der Waals surface area (Å²) in [5, 5.41) is 0. The largest absolute Gasteiger partial charge is 0.381 e. The van der Waals surface area contributed by atoms with Crippen molar-refractivity contribution >= 4 is 5.78 Å². The molecule has 0 aromatic rings. The number of rotatable bonds is 3. The first kappa shape index (κ1) is 10.7. The third-order valence-electron chi connectivity index (χ3n) is 2.03. The molecule has 1 aliphatic heterocycles. The van der Waals surface area contributed by atoms with Crippen LogP contribution in [0.2, 0.25) is 0 Å². The summed E-state index contributed by atoms with van der Waals surface area (Å²) >= 11 is 0. The van der Waals surface area contributed by atoms with E-state index in [1.54, 1.807) is 0 Å². The second kappa shape index (κ2) is 4.20. The van der Waals surface area contributed by atoms with Crippen LogP contribution in [0.4, 0.5) is 0 Å². The van der Waals surface area contributed by atoms with Gasteiger partial charge in [-0.1, -0.05) is 0 Å². The first-order valence-electron chi connectivity index (χ1n) is 4.73. The van der Waals surface area contributed by atoms with Crippen LogP contribution in [0.1, 0.15) is 27.2 Å². The van der Waals surface area contributed by atoms with Crippen LogP contribution in [0.5, 0.6) is 0 Å². The van der Waals surface area contributed by atoms with Crippen molar-refractivity contribution in [1.82, 2.24) is 0 Å². The minimum absolute atomic E-state index is 0.0716. The van der Waals surface area contributed by atoms with Crippen LogP contribution in [0, 0.1) is 5.92 Å². The Hall–Kier alpha value is -0.410. The van der Waals surface area contributed by atoms with Gasteiger partial charge in [0, 0.05) is 12.5 Å². The number of ketones is 1. The molecule has 3 heteroatoms. The van der Waals surface area contributed by atoms with Gasteiger partial charge in [-0.15, -0.1) is 0 Å². The van der Waals surface area contributed by atoms with E-state index < -0.39 is 0 Å². The normalized spacial score (nSPS) is 23.5. The molecular weight excluding hydrogens is 168 g/mol. The van der Waals surface area contributed by atoms with Gasteiger partial charge in [-0.3, -0.25) is 4.79 Å². The van der Waals surface area contributed by atoms with Crippen molar-refractivity contribution in [2.45, 2.75) is 32.8 Å². The molecule has 1 fully saturated rings. The number of carbonyl (C=O) groups is 1. The Morgan fingerprint density at radius 1 is 1.54 bits per heavy atom. The van der Waals surface area contributed by atoms with Crippen molar-refractivity contribution in [2.75, 3.05) is 19.8 Å². The smallest absolute Gasteiger partial charge is 0.163 e. The summed E-state index contributed by atoms with van der Waals surface area (Å²) in [7, 11) is 0. The molecule has 1 atom stereocenters. The lowest BCUT2D eigenvalue weighted by molar-refractivity contribution is -0.132. The van der Waals surface area contributed by atoms with Gasteiger partial charge in [-0.2, -0.15) is 0 Å². The Bertz CT molecular complexity index is 175. The monoisotopic (exact) mass is 186 g/mol. The molecule has 0 amide bonds. The fourth-order valence-corrected chi connectivity index (χ4v) is 1.19. The van der Waals surface area contributed by atoms with Crippen LogP contribution in [-0.2, 0) is 14.3 Å². The molecular formula is C10H18O3. The van der Waals surface area contributed by atoms with Crippen LogP contribution in [0.25, 0.3) is 0 Å². The molecule has 1 rings (SSSR count). The van der Waals surface area contributed by atoms with Gasteiger partial charge >= 0.3 is 0 Å². The highest BCUT2D eigenvalue weighted by Crippen LogP contribution is 2.15. The van der Waals surface area contributed by atoms with Gasteiger partial charge in [-0.05, 0) is 27.2 Å². The fourth-order valence-electron chi connectivity index (χ4n) is 1.19. The standard InChI is InChI=1S/C10H18O3/c1-10(2,3)13-7-9(11)8-4-5-12-6-8/h8H,4-7H2,1-3H3. The van der Waals surface area contributed by atoms with Gasteiger partial charge in [0.15, 0.2) is 5.78 Å². The highest BCUT2D eigenvalue weighted by molar-refractivity contribution is 5.82. The average Bonchev–Trinajstić information content (AvgIpc) is 2.50. The van der Waals surface area contributed by atoms with Gasteiger partial charge in [0.1, 0.15) is 6.61 Å². The third-order valence-corrected chi connectivity index (χ3v) is 2.03. The van der Waals surface area contributed by atoms with E-state index in [0.29, 0.717) is 13.2 Å². The van der Waals surface area contributed by atoms with E-state index in [4.69, 9.17) is 9.47 Å². The van der Waals surface area contributed by atoms with E-state index in [-0.39, 0.29) is 23.9 Å². The molecule has 0 saturated carbocycles. The number of Topliss-reactive ketones (excluding diaryl/α,β-unsaturated/α-hetero) is 1. The lowest BCUT2D eigenvalue weighted by atomic mass is 10.0. The first-order valence-corrected chi connectivity index (χ1v) is 4.73. The van der Waals surface area contributed by atoms with Crippen LogP contribution in [0.3, 0.4) is 0 Å². The summed E-state index contributed by atoms with van der Waals surface area (Å²) in [6, 6.07) is 0. The maximum absolute atomic E-state index is 11.5. The fraction of sp³-hybridized carbons (Fsp3) is 0.900. The van der Waals surface area contributed by atoms with Gasteiger partial charge < -0.3 is 9.47 Å². The van der Waals surface area contributed by atoms with E-state index in [9.17, 15) is 4.79 Å². The summed E-state index contributed by atoms with van der Waals surface area (Å²) in [4.78, 5) is 11.5. The topological polar surface area (TPSA) is 35.5 Å². The zero-order chi connectivity index (χ0) is 9.90. The van der Waals surface area contributed by atoms with Crippen LogP contribution >= 0.6 is 0 Å². The molecule has 0 radical (unpaired) electrons. The van der Waals surface area contributed by atoms with Crippen LogP contribution < -0.4 is 0 Å². The van der Waals surface area contributed by atoms with Gasteiger partial charge in [0.05, 0.1) is 12.2 Å². The molecule has 0 N–H and O–H groups in total. The van der Waals surface area contributed by atoms with Crippen molar-refractivity contribution < 1.29 is 14.3 Å². The van der Waals surface area contributed by atoms with Gasteiger partial charge in [0.2, 0.25) is 0 Å². The van der Waals surface area contributed by atoms with E-state index in [1.165, 1.54) is 0 Å². The van der Waals surface area contributed by atoms with Crippen molar-refractivity contribution in [2.24, 2.45) is 5.92 Å². The second-order valence-corrected chi connectivity index (χ2v) is 4.43. The zero-order valence-electron chi connectivity index (χ0n) is 8.63. The molecule has 3 nitrogen and oxygen atoms in total. The predicted octanol–water partition coefficient (Wildman–Crippen LogP) is 1.41. The van der Waals surface area contributed by atoms with Crippen molar-refractivity contribution in [3.8, 4) is 0 Å². The lowest BCUT2D eigenvalue weighted by Gasteiger charge is -2.19. The summed E-state index contributed by atoms with van der Waals surface area (Å²) < 4.78 is 10.5. The molecule has 0 aromatic carbocycles. The highest BCUT2D eigenvalue weighted by Gasteiger charge is 2.24. The van der Waals surface area contributed by atoms with Crippen molar-refractivity contribution in [3.05, 3.63) is 0 Å². The molecule has 13 heavy (non-hydrogen) atoms. The van der Waals surface area contributed by atoms with Crippen molar-refractivity contribution in [3.63, 3.8) is 0 Å². The van der Waals surface area contributed by atoms with E-state index in [0.717, 1.165) is 6.42 Å². The molecule has 0 spiro atoms. The summed E-state index contributed by atoms with van der Waals surface area (Å²) in [6.07, 6.45) is 0.854. The summed E-state index contributed by atoms with van der Waals surface area (Å²) in [5.74, 6) is 0.245. The molecule has 76 valence electrons. The molecule has 1 aliphatic rings. The lowest BCUT2D eigenvalue weighted by Crippen LogP contribution is -2.27. The predicted molar refractivity (Wildman–Crippen MR) is 49.6 cm³/mol. The number of hydrogen-bond donors (Lipinski definition) is 0. The molecule has 0 aliphatic carbocycles. The molecule has 0 bridgehead atoms.